The highest BCUT2D eigenvalue weighted by Gasteiger charge is 2.11. The van der Waals surface area contributed by atoms with Gasteiger partial charge in [-0.2, -0.15) is 10.1 Å². The molecule has 0 bridgehead atoms. The van der Waals surface area contributed by atoms with Gasteiger partial charge in [-0.25, -0.2) is 10.1 Å². The van der Waals surface area contributed by atoms with Crippen molar-refractivity contribution in [2.75, 3.05) is 30.8 Å². The van der Waals surface area contributed by atoms with Crippen LogP contribution >= 0.6 is 0 Å². The topological polar surface area (TPSA) is 151 Å². The van der Waals surface area contributed by atoms with E-state index in [-0.39, 0.29) is 17.9 Å². The molecule has 3 heterocycles. The Balaban J connectivity index is 1.18. The molecule has 0 aliphatic carbocycles. The Labute approximate surface area is 189 Å². The Hall–Kier alpha value is -4.28. The number of anilines is 2. The number of carbonyl (C=O) groups excluding carboxylic acids is 1. The normalized spacial score (nSPS) is 10.8. The summed E-state index contributed by atoms with van der Waals surface area (Å²) in [6, 6.07) is 10.9. The maximum absolute atomic E-state index is 12.1. The van der Waals surface area contributed by atoms with Crippen LogP contribution in [0.4, 0.5) is 11.6 Å². The SMILES string of the molecule is CNc1ccc(-c2noc(CCC(=O)NCCCNc3n[nH]c(=O)c4ccccc34)n2)cn1. The van der Waals surface area contributed by atoms with Crippen molar-refractivity contribution in [2.24, 2.45) is 0 Å². The van der Waals surface area contributed by atoms with Crippen molar-refractivity contribution >= 4 is 28.3 Å². The molecule has 170 valence electrons. The number of amides is 1. The monoisotopic (exact) mass is 448 g/mol. The lowest BCUT2D eigenvalue weighted by atomic mass is 10.2. The van der Waals surface area contributed by atoms with Crippen LogP contribution < -0.4 is 21.5 Å². The molecule has 0 saturated carbocycles. The number of pyridine rings is 1. The van der Waals surface area contributed by atoms with E-state index in [9.17, 15) is 9.59 Å². The van der Waals surface area contributed by atoms with E-state index in [1.165, 1.54) is 0 Å². The van der Waals surface area contributed by atoms with Crippen molar-refractivity contribution in [3.05, 3.63) is 58.8 Å². The minimum absolute atomic E-state index is 0.0950. The van der Waals surface area contributed by atoms with E-state index < -0.39 is 0 Å². The van der Waals surface area contributed by atoms with Crippen molar-refractivity contribution in [3.63, 3.8) is 0 Å². The zero-order valence-electron chi connectivity index (χ0n) is 18.1. The summed E-state index contributed by atoms with van der Waals surface area (Å²) in [5, 5.41) is 20.9. The third-order valence-corrected chi connectivity index (χ3v) is 4.98. The molecule has 3 aromatic heterocycles. The third kappa shape index (κ3) is 5.50. The molecule has 0 radical (unpaired) electrons. The molecule has 0 aliphatic rings. The Kier molecular flexibility index (Phi) is 6.88. The maximum atomic E-state index is 12.1. The second kappa shape index (κ2) is 10.4. The number of carbonyl (C=O) groups is 1. The largest absolute Gasteiger partial charge is 0.373 e. The van der Waals surface area contributed by atoms with Gasteiger partial charge in [-0.3, -0.25) is 9.59 Å². The maximum Gasteiger partial charge on any atom is 0.272 e. The van der Waals surface area contributed by atoms with E-state index in [1.54, 1.807) is 19.3 Å². The molecule has 0 atom stereocenters. The van der Waals surface area contributed by atoms with Crippen molar-refractivity contribution in [2.45, 2.75) is 19.3 Å². The van der Waals surface area contributed by atoms with Gasteiger partial charge >= 0.3 is 0 Å². The van der Waals surface area contributed by atoms with Crippen LogP contribution in [0.5, 0.6) is 0 Å². The number of hydrogen-bond acceptors (Lipinski definition) is 9. The van der Waals surface area contributed by atoms with Gasteiger partial charge in [-0.15, -0.1) is 0 Å². The van der Waals surface area contributed by atoms with Gasteiger partial charge in [-0.1, -0.05) is 23.4 Å². The Morgan fingerprint density at radius 2 is 1.97 bits per heavy atom. The van der Waals surface area contributed by atoms with Crippen molar-refractivity contribution in [1.82, 2.24) is 30.6 Å². The molecule has 11 heteroatoms. The molecule has 4 N–H and O–H groups in total. The van der Waals surface area contributed by atoms with Crippen LogP contribution in [-0.4, -0.2) is 51.4 Å². The number of aromatic amines is 1. The third-order valence-electron chi connectivity index (χ3n) is 4.98. The summed E-state index contributed by atoms with van der Waals surface area (Å²) in [5.41, 5.74) is 0.519. The molecule has 0 spiro atoms. The van der Waals surface area contributed by atoms with E-state index in [0.717, 1.165) is 16.8 Å². The summed E-state index contributed by atoms with van der Waals surface area (Å²) in [6.45, 7) is 1.10. The van der Waals surface area contributed by atoms with Crippen molar-refractivity contribution < 1.29 is 9.32 Å². The van der Waals surface area contributed by atoms with Gasteiger partial charge in [0.15, 0.2) is 5.82 Å². The van der Waals surface area contributed by atoms with Crippen LogP contribution in [0, 0.1) is 0 Å². The molecule has 0 aliphatic heterocycles. The fourth-order valence-electron chi connectivity index (χ4n) is 3.23. The minimum Gasteiger partial charge on any atom is -0.373 e. The summed E-state index contributed by atoms with van der Waals surface area (Å²) in [4.78, 5) is 32.5. The van der Waals surface area contributed by atoms with Crippen molar-refractivity contribution in [1.29, 1.82) is 0 Å². The van der Waals surface area contributed by atoms with Gasteiger partial charge < -0.3 is 20.5 Å². The summed E-state index contributed by atoms with van der Waals surface area (Å²) >= 11 is 0. The number of nitrogens with one attached hydrogen (secondary N) is 4. The van der Waals surface area contributed by atoms with Gasteiger partial charge in [0.05, 0.1) is 5.39 Å². The molecule has 1 aromatic carbocycles. The lowest BCUT2D eigenvalue weighted by molar-refractivity contribution is -0.121. The van der Waals surface area contributed by atoms with E-state index in [0.29, 0.717) is 48.9 Å². The molecule has 0 fully saturated rings. The summed E-state index contributed by atoms with van der Waals surface area (Å²) in [6.07, 6.45) is 2.96. The zero-order valence-corrected chi connectivity index (χ0v) is 18.1. The van der Waals surface area contributed by atoms with Crippen LogP contribution in [0.3, 0.4) is 0 Å². The highest BCUT2D eigenvalue weighted by molar-refractivity contribution is 5.90. The van der Waals surface area contributed by atoms with Gasteiger partial charge in [0.1, 0.15) is 5.82 Å². The van der Waals surface area contributed by atoms with Crippen LogP contribution in [0.25, 0.3) is 22.2 Å². The average molecular weight is 448 g/mol. The average Bonchev–Trinajstić information content (AvgIpc) is 3.33. The fourth-order valence-corrected chi connectivity index (χ4v) is 3.23. The summed E-state index contributed by atoms with van der Waals surface area (Å²) < 4.78 is 5.23. The lowest BCUT2D eigenvalue weighted by Gasteiger charge is -2.08. The molecule has 0 unspecified atom stereocenters. The summed E-state index contributed by atoms with van der Waals surface area (Å²) in [7, 11) is 1.79. The Morgan fingerprint density at radius 1 is 1.12 bits per heavy atom. The first-order chi connectivity index (χ1) is 16.1. The number of fused-ring (bicyclic) bond motifs is 1. The second-order valence-electron chi connectivity index (χ2n) is 7.27. The molecule has 0 saturated heterocycles. The predicted octanol–water partition coefficient (Wildman–Crippen LogP) is 1.96. The fraction of sp³-hybridized carbons (Fsp3) is 0.273. The molecule has 1 amide bonds. The molecule has 4 rings (SSSR count). The molecular weight excluding hydrogens is 424 g/mol. The quantitative estimate of drug-likeness (QED) is 0.267. The van der Waals surface area contributed by atoms with E-state index in [4.69, 9.17) is 4.52 Å². The first kappa shape index (κ1) is 21.9. The number of H-pyrrole nitrogens is 1. The predicted molar refractivity (Wildman–Crippen MR) is 124 cm³/mol. The van der Waals surface area contributed by atoms with Crippen molar-refractivity contribution in [3.8, 4) is 11.4 Å². The lowest BCUT2D eigenvalue weighted by Crippen LogP contribution is -2.26. The zero-order chi connectivity index (χ0) is 23.0. The number of aromatic nitrogens is 5. The second-order valence-corrected chi connectivity index (χ2v) is 7.27. The minimum atomic E-state index is -0.222. The molecule has 33 heavy (non-hydrogen) atoms. The number of rotatable bonds is 10. The molecule has 11 nitrogen and oxygen atoms in total. The Morgan fingerprint density at radius 3 is 2.76 bits per heavy atom. The summed E-state index contributed by atoms with van der Waals surface area (Å²) in [5.74, 6) is 2.10. The highest BCUT2D eigenvalue weighted by Crippen LogP contribution is 2.17. The van der Waals surface area contributed by atoms with E-state index in [2.05, 4.69) is 41.3 Å². The van der Waals surface area contributed by atoms with E-state index in [1.807, 2.05) is 30.3 Å². The van der Waals surface area contributed by atoms with Gasteiger partial charge in [-0.05, 0) is 24.6 Å². The Bertz CT molecular complexity index is 1280. The smallest absolute Gasteiger partial charge is 0.272 e. The molecule has 4 aromatic rings. The molecular formula is C22H24N8O3. The standard InChI is InChI=1S/C22H24N8O3/c1-23-17-8-7-14(13-26-17)20-27-19(33-30-20)10-9-18(31)24-11-4-12-25-21-15-5-2-3-6-16(15)22(32)29-28-21/h2-3,5-8,13H,4,9-12H2,1H3,(H,23,26)(H,24,31)(H,25,28)(H,29,32). The number of hydrogen-bond donors (Lipinski definition) is 4. The highest BCUT2D eigenvalue weighted by atomic mass is 16.5. The number of nitrogens with zero attached hydrogens (tertiary/aromatic N) is 4. The first-order valence-corrected chi connectivity index (χ1v) is 10.6. The van der Waals surface area contributed by atoms with Gasteiger partial charge in [0, 0.05) is 50.1 Å². The van der Waals surface area contributed by atoms with Gasteiger partial charge in [0.2, 0.25) is 17.6 Å². The van der Waals surface area contributed by atoms with Crippen LogP contribution in [-0.2, 0) is 11.2 Å². The van der Waals surface area contributed by atoms with Crippen LogP contribution in [0.2, 0.25) is 0 Å². The van der Waals surface area contributed by atoms with Gasteiger partial charge in [0.25, 0.3) is 5.56 Å². The van der Waals surface area contributed by atoms with Crippen LogP contribution in [0.15, 0.2) is 51.9 Å². The first-order valence-electron chi connectivity index (χ1n) is 10.6. The number of benzene rings is 1. The number of aryl methyl sites for hydroxylation is 1. The van der Waals surface area contributed by atoms with E-state index >= 15 is 0 Å². The van der Waals surface area contributed by atoms with Crippen LogP contribution in [0.1, 0.15) is 18.7 Å².